The van der Waals surface area contributed by atoms with Gasteiger partial charge in [-0.2, -0.15) is 4.31 Å². The Hall–Kier alpha value is -2.22. The molecule has 0 aromatic heterocycles. The van der Waals surface area contributed by atoms with Crippen LogP contribution >= 0.6 is 0 Å². The average Bonchev–Trinajstić information content (AvgIpc) is 3.06. The fraction of sp³-hybridized carbons (Fsp3) is 0.480. The topological polar surface area (TPSA) is 60.9 Å². The van der Waals surface area contributed by atoms with E-state index in [2.05, 4.69) is 36.1 Å². The summed E-state index contributed by atoms with van der Waals surface area (Å²) < 4.78 is 28.1. The minimum Gasteiger partial charge on any atom is -0.337 e. The number of sulfonamides is 1. The monoisotopic (exact) mass is 455 g/mol. The highest BCUT2D eigenvalue weighted by molar-refractivity contribution is 7.89. The van der Waals surface area contributed by atoms with E-state index in [9.17, 15) is 13.2 Å². The molecule has 2 aliphatic rings. The predicted octanol–water partition coefficient (Wildman–Crippen LogP) is 3.52. The van der Waals surface area contributed by atoms with Crippen LogP contribution in [0.2, 0.25) is 0 Å². The number of carbonyl (C=O) groups is 1. The Morgan fingerprint density at radius 3 is 2.31 bits per heavy atom. The van der Waals surface area contributed by atoms with Crippen molar-refractivity contribution in [3.05, 3.63) is 65.2 Å². The molecule has 1 amide bonds. The Kier molecular flexibility index (Phi) is 7.28. The molecule has 172 valence electrons. The molecule has 4 rings (SSSR count). The van der Waals surface area contributed by atoms with Crippen LogP contribution in [0.15, 0.2) is 53.4 Å². The zero-order chi connectivity index (χ0) is 22.6. The van der Waals surface area contributed by atoms with Gasteiger partial charge in [-0.15, -0.1) is 0 Å². The van der Waals surface area contributed by atoms with Crippen molar-refractivity contribution < 1.29 is 13.2 Å². The first-order valence-electron chi connectivity index (χ1n) is 11.6. The molecule has 32 heavy (non-hydrogen) atoms. The molecule has 2 aromatic carbocycles. The molecule has 2 saturated heterocycles. The lowest BCUT2D eigenvalue weighted by Crippen LogP contribution is -2.38. The SMILES string of the molecule is Cc1ccccc1CN1CCCN(C(=O)c2ccccc2S(=O)(=O)N2CCCCC2)CC1. The summed E-state index contributed by atoms with van der Waals surface area (Å²) in [5, 5.41) is 0. The summed E-state index contributed by atoms with van der Waals surface area (Å²) in [7, 11) is -3.67. The van der Waals surface area contributed by atoms with Gasteiger partial charge in [-0.25, -0.2) is 8.42 Å². The minimum atomic E-state index is -3.67. The van der Waals surface area contributed by atoms with Gasteiger partial charge in [-0.05, 0) is 49.4 Å². The fourth-order valence-electron chi connectivity index (χ4n) is 4.64. The van der Waals surface area contributed by atoms with Gasteiger partial charge in [0.25, 0.3) is 5.91 Å². The van der Waals surface area contributed by atoms with Gasteiger partial charge in [0.05, 0.1) is 10.5 Å². The molecule has 2 heterocycles. The van der Waals surface area contributed by atoms with Crippen molar-refractivity contribution in [2.24, 2.45) is 0 Å². The van der Waals surface area contributed by atoms with Gasteiger partial charge in [0.1, 0.15) is 0 Å². The van der Waals surface area contributed by atoms with Crippen LogP contribution in [0.3, 0.4) is 0 Å². The third-order valence-corrected chi connectivity index (χ3v) is 8.54. The van der Waals surface area contributed by atoms with Crippen molar-refractivity contribution >= 4 is 15.9 Å². The first kappa shape index (κ1) is 23.0. The Bertz CT molecular complexity index is 1050. The highest BCUT2D eigenvalue weighted by Gasteiger charge is 2.31. The van der Waals surface area contributed by atoms with Gasteiger partial charge >= 0.3 is 0 Å². The van der Waals surface area contributed by atoms with Crippen LogP contribution < -0.4 is 0 Å². The van der Waals surface area contributed by atoms with Gasteiger partial charge in [0.2, 0.25) is 10.0 Å². The number of nitrogens with zero attached hydrogens (tertiary/aromatic N) is 3. The quantitative estimate of drug-likeness (QED) is 0.692. The fourth-order valence-corrected chi connectivity index (χ4v) is 6.34. The summed E-state index contributed by atoms with van der Waals surface area (Å²) in [4.78, 5) is 17.8. The highest BCUT2D eigenvalue weighted by atomic mass is 32.2. The number of benzene rings is 2. The third kappa shape index (κ3) is 5.05. The number of rotatable bonds is 5. The van der Waals surface area contributed by atoms with E-state index in [1.165, 1.54) is 15.4 Å². The molecule has 6 nitrogen and oxygen atoms in total. The van der Waals surface area contributed by atoms with Crippen LogP contribution in [0.25, 0.3) is 0 Å². The standard InChI is InChI=1S/C25H33N3O3S/c1-21-10-3-4-11-22(21)20-26-14-9-15-27(19-18-26)25(29)23-12-5-6-13-24(23)32(30,31)28-16-7-2-8-17-28/h3-6,10-13H,2,7-9,14-20H2,1H3. The van der Waals surface area contributed by atoms with Crippen molar-refractivity contribution in [2.45, 2.75) is 44.0 Å². The molecular weight excluding hydrogens is 422 g/mol. The molecule has 7 heteroatoms. The lowest BCUT2D eigenvalue weighted by molar-refractivity contribution is 0.0757. The number of aryl methyl sites for hydroxylation is 1. The van der Waals surface area contributed by atoms with Gasteiger partial charge in [0, 0.05) is 45.8 Å². The van der Waals surface area contributed by atoms with Crippen LogP contribution in [-0.4, -0.2) is 67.7 Å². The Labute approximate surface area is 191 Å². The number of carbonyl (C=O) groups excluding carboxylic acids is 1. The van der Waals surface area contributed by atoms with Crippen LogP contribution in [0.4, 0.5) is 0 Å². The summed E-state index contributed by atoms with van der Waals surface area (Å²) in [6.07, 6.45) is 3.68. The maximum absolute atomic E-state index is 13.4. The van der Waals surface area contributed by atoms with Crippen molar-refractivity contribution in [3.8, 4) is 0 Å². The third-order valence-electron chi connectivity index (χ3n) is 6.58. The van der Waals surface area contributed by atoms with Crippen LogP contribution in [0.5, 0.6) is 0 Å². The van der Waals surface area contributed by atoms with Crippen molar-refractivity contribution in [2.75, 3.05) is 39.3 Å². The van der Waals surface area contributed by atoms with Gasteiger partial charge in [-0.1, -0.05) is 42.8 Å². The lowest BCUT2D eigenvalue weighted by atomic mass is 10.1. The Morgan fingerprint density at radius 2 is 1.53 bits per heavy atom. The van der Waals surface area contributed by atoms with Crippen molar-refractivity contribution in [1.29, 1.82) is 0 Å². The minimum absolute atomic E-state index is 0.146. The van der Waals surface area contributed by atoms with Gasteiger partial charge in [-0.3, -0.25) is 9.69 Å². The van der Waals surface area contributed by atoms with E-state index < -0.39 is 10.0 Å². The molecule has 0 unspecified atom stereocenters. The molecule has 2 aromatic rings. The van der Waals surface area contributed by atoms with Crippen LogP contribution in [0, 0.1) is 6.92 Å². The van der Waals surface area contributed by atoms with E-state index in [0.29, 0.717) is 31.7 Å². The van der Waals surface area contributed by atoms with E-state index in [4.69, 9.17) is 0 Å². The molecule has 0 atom stereocenters. The Balaban J connectivity index is 1.48. The summed E-state index contributed by atoms with van der Waals surface area (Å²) in [5.41, 5.74) is 2.89. The number of hydrogen-bond acceptors (Lipinski definition) is 4. The average molecular weight is 456 g/mol. The Morgan fingerprint density at radius 1 is 0.812 bits per heavy atom. The molecule has 0 aliphatic carbocycles. The summed E-state index contributed by atoms with van der Waals surface area (Å²) in [6.45, 7) is 7.00. The predicted molar refractivity (Wildman–Crippen MR) is 126 cm³/mol. The number of hydrogen-bond donors (Lipinski definition) is 0. The second-order valence-corrected chi connectivity index (χ2v) is 10.7. The lowest BCUT2D eigenvalue weighted by Gasteiger charge is -2.28. The first-order chi connectivity index (χ1) is 15.5. The second kappa shape index (κ2) is 10.1. The first-order valence-corrected chi connectivity index (χ1v) is 13.1. The second-order valence-electron chi connectivity index (χ2n) is 8.81. The van der Waals surface area contributed by atoms with Gasteiger partial charge in [0.15, 0.2) is 0 Å². The zero-order valence-corrected chi connectivity index (χ0v) is 19.7. The normalized spacial score (nSPS) is 19.0. The van der Waals surface area contributed by atoms with Crippen LogP contribution in [0.1, 0.15) is 47.2 Å². The maximum Gasteiger partial charge on any atom is 0.255 e. The van der Waals surface area contributed by atoms with Gasteiger partial charge < -0.3 is 4.90 Å². The maximum atomic E-state index is 13.4. The highest BCUT2D eigenvalue weighted by Crippen LogP contribution is 2.25. The zero-order valence-electron chi connectivity index (χ0n) is 18.9. The molecular formula is C25H33N3O3S. The van der Waals surface area contributed by atoms with E-state index in [1.807, 2.05) is 4.90 Å². The molecule has 0 saturated carbocycles. The molecule has 2 aliphatic heterocycles. The van der Waals surface area contributed by atoms with E-state index in [-0.39, 0.29) is 10.8 Å². The largest absolute Gasteiger partial charge is 0.337 e. The van der Waals surface area contributed by atoms with Crippen molar-refractivity contribution in [1.82, 2.24) is 14.1 Å². The van der Waals surface area contributed by atoms with E-state index >= 15 is 0 Å². The summed E-state index contributed by atoms with van der Waals surface area (Å²) in [6, 6.07) is 15.1. The van der Waals surface area contributed by atoms with E-state index in [1.54, 1.807) is 24.3 Å². The van der Waals surface area contributed by atoms with Crippen LogP contribution in [-0.2, 0) is 16.6 Å². The number of amides is 1. The number of piperidine rings is 1. The molecule has 0 radical (unpaired) electrons. The molecule has 2 fully saturated rings. The molecule has 0 bridgehead atoms. The summed E-state index contributed by atoms with van der Waals surface area (Å²) in [5.74, 6) is -0.182. The molecule has 0 spiro atoms. The van der Waals surface area contributed by atoms with Crippen molar-refractivity contribution in [3.63, 3.8) is 0 Å². The smallest absolute Gasteiger partial charge is 0.255 e. The van der Waals surface area contributed by atoms with E-state index in [0.717, 1.165) is 45.3 Å². The summed E-state index contributed by atoms with van der Waals surface area (Å²) >= 11 is 0. The molecule has 0 N–H and O–H groups in total.